The summed E-state index contributed by atoms with van der Waals surface area (Å²) in [7, 11) is 0. The molecule has 0 bridgehead atoms. The van der Waals surface area contributed by atoms with Gasteiger partial charge in [0.2, 0.25) is 0 Å². The summed E-state index contributed by atoms with van der Waals surface area (Å²) in [6.45, 7) is 1.89. The van der Waals surface area contributed by atoms with Gasteiger partial charge < -0.3 is 5.73 Å². The van der Waals surface area contributed by atoms with E-state index < -0.39 is 6.04 Å². The molecule has 0 radical (unpaired) electrons. The molecule has 0 aliphatic carbocycles. The minimum absolute atomic E-state index is 0.323. The van der Waals surface area contributed by atoms with Gasteiger partial charge in [-0.05, 0) is 13.0 Å². The second kappa shape index (κ2) is 3.78. The Morgan fingerprint density at radius 3 is 2.93 bits per heavy atom. The molecule has 4 nitrogen and oxygen atoms in total. The Morgan fingerprint density at radius 2 is 2.27 bits per heavy atom. The molecule has 0 spiro atoms. The van der Waals surface area contributed by atoms with Crippen molar-refractivity contribution in [2.75, 3.05) is 0 Å². The maximum Gasteiger partial charge on any atom is 0.128 e. The third kappa shape index (κ3) is 1.87. The Balaban J connectivity index is 2.41. The lowest BCUT2D eigenvalue weighted by Gasteiger charge is -2.10. The average Bonchev–Trinajstić information content (AvgIpc) is 2.74. The number of nitrogens with one attached hydrogen (secondary N) is 1. The molecule has 5 heteroatoms. The van der Waals surface area contributed by atoms with E-state index in [2.05, 4.69) is 15.4 Å². The molecule has 2 aromatic rings. The fraction of sp³-hybridized carbons (Fsp3) is 0.200. The predicted octanol–water partition coefficient (Wildman–Crippen LogP) is 1.30. The van der Waals surface area contributed by atoms with Crippen molar-refractivity contribution in [3.63, 3.8) is 0 Å². The summed E-state index contributed by atoms with van der Waals surface area (Å²) in [6.07, 6.45) is 1.49. The van der Waals surface area contributed by atoms with Gasteiger partial charge in [-0.1, -0.05) is 17.7 Å². The van der Waals surface area contributed by atoms with Gasteiger partial charge in [0.25, 0.3) is 0 Å². The number of halogens is 1. The normalized spacial score (nSPS) is 12.7. The van der Waals surface area contributed by atoms with E-state index in [1.165, 1.54) is 12.3 Å². The van der Waals surface area contributed by atoms with Crippen LogP contribution < -0.4 is 5.73 Å². The highest BCUT2D eigenvalue weighted by Crippen LogP contribution is 2.20. The summed E-state index contributed by atoms with van der Waals surface area (Å²) >= 11 is 0. The van der Waals surface area contributed by atoms with Crippen LogP contribution in [0.15, 0.2) is 24.4 Å². The first-order valence-corrected chi connectivity index (χ1v) is 4.56. The summed E-state index contributed by atoms with van der Waals surface area (Å²) in [5.74, 6) is -0.323. The Bertz CT molecular complexity index is 452. The van der Waals surface area contributed by atoms with Gasteiger partial charge in [-0.2, -0.15) is 15.4 Å². The molecule has 15 heavy (non-hydrogen) atoms. The monoisotopic (exact) mass is 206 g/mol. The number of aromatic amines is 1. The molecule has 1 unspecified atom stereocenters. The molecule has 3 N–H and O–H groups in total. The van der Waals surface area contributed by atoms with Crippen LogP contribution in [0.1, 0.15) is 22.9 Å². The smallest absolute Gasteiger partial charge is 0.128 e. The topological polar surface area (TPSA) is 67.6 Å². The lowest BCUT2D eigenvalue weighted by atomic mass is 10.0. The maximum absolute atomic E-state index is 13.5. The summed E-state index contributed by atoms with van der Waals surface area (Å²) in [5, 5.41) is 9.93. The minimum Gasteiger partial charge on any atom is -0.319 e. The summed E-state index contributed by atoms with van der Waals surface area (Å²) in [5.41, 5.74) is 7.79. The number of H-pyrrole nitrogens is 1. The van der Waals surface area contributed by atoms with Crippen molar-refractivity contribution in [1.82, 2.24) is 15.4 Å². The van der Waals surface area contributed by atoms with Crippen molar-refractivity contribution in [2.24, 2.45) is 5.73 Å². The van der Waals surface area contributed by atoms with E-state index in [1.54, 1.807) is 12.1 Å². The van der Waals surface area contributed by atoms with Crippen LogP contribution in [0.5, 0.6) is 0 Å². The zero-order valence-corrected chi connectivity index (χ0v) is 8.24. The van der Waals surface area contributed by atoms with Gasteiger partial charge in [0.1, 0.15) is 11.5 Å². The van der Waals surface area contributed by atoms with Gasteiger partial charge >= 0.3 is 0 Å². The highest BCUT2D eigenvalue weighted by atomic mass is 19.1. The molecule has 78 valence electrons. The number of benzene rings is 1. The number of nitrogens with zero attached hydrogens (tertiary/aromatic N) is 2. The van der Waals surface area contributed by atoms with Crippen LogP contribution in [-0.2, 0) is 0 Å². The fourth-order valence-corrected chi connectivity index (χ4v) is 1.42. The quantitative estimate of drug-likeness (QED) is 0.778. The molecule has 0 saturated carbocycles. The fourth-order valence-electron chi connectivity index (χ4n) is 1.42. The van der Waals surface area contributed by atoms with Gasteiger partial charge in [0, 0.05) is 5.56 Å². The van der Waals surface area contributed by atoms with Crippen LogP contribution in [0, 0.1) is 12.7 Å². The van der Waals surface area contributed by atoms with E-state index in [-0.39, 0.29) is 5.82 Å². The highest BCUT2D eigenvalue weighted by Gasteiger charge is 2.15. The minimum atomic E-state index is -0.580. The number of aryl methyl sites for hydroxylation is 1. The molecule has 1 aromatic heterocycles. The average molecular weight is 206 g/mol. The second-order valence-electron chi connectivity index (χ2n) is 3.40. The van der Waals surface area contributed by atoms with Crippen molar-refractivity contribution < 1.29 is 4.39 Å². The first kappa shape index (κ1) is 9.79. The van der Waals surface area contributed by atoms with Gasteiger partial charge in [-0.15, -0.1) is 0 Å². The SMILES string of the molecule is Cc1ccc(F)c(C(N)c2cn[nH]n2)c1. The van der Waals surface area contributed by atoms with Gasteiger partial charge in [-0.3, -0.25) is 0 Å². The number of aromatic nitrogens is 3. The van der Waals surface area contributed by atoms with E-state index in [9.17, 15) is 4.39 Å². The third-order valence-corrected chi connectivity index (χ3v) is 2.24. The number of nitrogens with two attached hydrogens (primary N) is 1. The molecule has 0 amide bonds. The van der Waals surface area contributed by atoms with Gasteiger partial charge in [-0.25, -0.2) is 4.39 Å². The van der Waals surface area contributed by atoms with Crippen molar-refractivity contribution >= 4 is 0 Å². The lowest BCUT2D eigenvalue weighted by molar-refractivity contribution is 0.596. The lowest BCUT2D eigenvalue weighted by Crippen LogP contribution is -2.14. The molecular weight excluding hydrogens is 195 g/mol. The molecule has 1 heterocycles. The molecule has 0 fully saturated rings. The molecule has 2 rings (SSSR count). The molecule has 0 aliphatic rings. The third-order valence-electron chi connectivity index (χ3n) is 2.24. The molecule has 0 aliphatic heterocycles. The van der Waals surface area contributed by atoms with Gasteiger partial charge in [0.05, 0.1) is 12.2 Å². The first-order valence-electron chi connectivity index (χ1n) is 4.56. The Hall–Kier alpha value is -1.75. The van der Waals surface area contributed by atoms with Crippen LogP contribution in [0.3, 0.4) is 0 Å². The van der Waals surface area contributed by atoms with Crippen molar-refractivity contribution in [3.05, 3.63) is 47.0 Å². The molecular formula is C10H11FN4. The van der Waals surface area contributed by atoms with E-state index in [1.807, 2.05) is 6.92 Å². The second-order valence-corrected chi connectivity index (χ2v) is 3.40. The van der Waals surface area contributed by atoms with Crippen LogP contribution in [0.4, 0.5) is 4.39 Å². The van der Waals surface area contributed by atoms with Crippen LogP contribution in [0.2, 0.25) is 0 Å². The Labute approximate surface area is 86.3 Å². The van der Waals surface area contributed by atoms with E-state index >= 15 is 0 Å². The number of hydrogen-bond donors (Lipinski definition) is 2. The largest absolute Gasteiger partial charge is 0.319 e. The van der Waals surface area contributed by atoms with Crippen LogP contribution >= 0.6 is 0 Å². The van der Waals surface area contributed by atoms with E-state index in [0.717, 1.165) is 5.56 Å². The van der Waals surface area contributed by atoms with Crippen LogP contribution in [-0.4, -0.2) is 15.4 Å². The predicted molar refractivity (Wildman–Crippen MR) is 53.6 cm³/mol. The molecule has 0 saturated heterocycles. The Kier molecular flexibility index (Phi) is 2.47. The Morgan fingerprint density at radius 1 is 1.47 bits per heavy atom. The molecule has 1 aromatic carbocycles. The summed E-state index contributed by atoms with van der Waals surface area (Å²) < 4.78 is 13.5. The zero-order valence-electron chi connectivity index (χ0n) is 8.24. The summed E-state index contributed by atoms with van der Waals surface area (Å²) in [4.78, 5) is 0. The zero-order chi connectivity index (χ0) is 10.8. The number of rotatable bonds is 2. The molecule has 1 atom stereocenters. The first-order chi connectivity index (χ1) is 7.18. The summed E-state index contributed by atoms with van der Waals surface area (Å²) in [6, 6.07) is 4.25. The van der Waals surface area contributed by atoms with Crippen LogP contribution in [0.25, 0.3) is 0 Å². The van der Waals surface area contributed by atoms with Crippen molar-refractivity contribution in [1.29, 1.82) is 0 Å². The highest BCUT2D eigenvalue weighted by molar-refractivity contribution is 5.30. The van der Waals surface area contributed by atoms with E-state index in [4.69, 9.17) is 5.73 Å². The maximum atomic E-state index is 13.5. The number of hydrogen-bond acceptors (Lipinski definition) is 3. The van der Waals surface area contributed by atoms with Crippen molar-refractivity contribution in [3.8, 4) is 0 Å². The van der Waals surface area contributed by atoms with E-state index in [0.29, 0.717) is 11.3 Å². The van der Waals surface area contributed by atoms with Crippen molar-refractivity contribution in [2.45, 2.75) is 13.0 Å². The standard InChI is InChI=1S/C10H11FN4/c1-6-2-3-8(11)7(4-6)10(12)9-5-13-15-14-9/h2-5,10H,12H2,1H3,(H,13,14,15). The van der Waals surface area contributed by atoms with Gasteiger partial charge in [0.15, 0.2) is 0 Å².